The molecular weight excluding hydrogens is 506 g/mol. The number of anilines is 1. The Bertz CT molecular complexity index is 774. The smallest absolute Gasteiger partial charge is 0.338 e. The molecule has 1 N–H and O–H groups in total. The van der Waals surface area contributed by atoms with Crippen LogP contribution >= 0.6 is 27.5 Å². The molecule has 0 spiro atoms. The molecule has 0 aliphatic carbocycles. The number of ketones is 1. The summed E-state index contributed by atoms with van der Waals surface area (Å²) in [6, 6.07) is 6.40. The number of hydrogen-bond acceptors (Lipinski definition) is 4. The molecule has 7 heteroatoms. The highest BCUT2D eigenvalue weighted by Gasteiger charge is 2.46. The number of benzene rings is 1. The van der Waals surface area contributed by atoms with E-state index in [4.69, 9.17) is 16.3 Å². The number of amides is 1. The minimum absolute atomic E-state index is 0.330. The van der Waals surface area contributed by atoms with Gasteiger partial charge in [0, 0.05) is 11.1 Å². The minimum Gasteiger partial charge on any atom is -0.462 e. The van der Waals surface area contributed by atoms with E-state index in [1.807, 2.05) is 0 Å². The van der Waals surface area contributed by atoms with Gasteiger partial charge < -0.3 is 10.1 Å². The van der Waals surface area contributed by atoms with Crippen molar-refractivity contribution < 1.29 is 19.1 Å². The fourth-order valence-electron chi connectivity index (χ4n) is 3.35. The number of nitrogens with one attached hydrogen (secondary N) is 1. The normalized spacial score (nSPS) is 13.3. The van der Waals surface area contributed by atoms with E-state index in [1.54, 1.807) is 39.0 Å². The van der Waals surface area contributed by atoms with Crippen LogP contribution in [0.4, 0.5) is 5.69 Å². The van der Waals surface area contributed by atoms with E-state index in [0.717, 1.165) is 19.3 Å². The molecule has 1 rings (SSSR count). The van der Waals surface area contributed by atoms with Gasteiger partial charge in [-0.2, -0.15) is 0 Å². The molecule has 186 valence electrons. The van der Waals surface area contributed by atoms with E-state index in [2.05, 4.69) is 28.2 Å². The van der Waals surface area contributed by atoms with Gasteiger partial charge in [0.2, 0.25) is 3.78 Å². The van der Waals surface area contributed by atoms with Crippen LogP contribution in [0.2, 0.25) is 0 Å². The molecule has 0 bridgehead atoms. The summed E-state index contributed by atoms with van der Waals surface area (Å²) in [5.41, 5.74) is -0.112. The van der Waals surface area contributed by atoms with Crippen molar-refractivity contribution in [2.75, 3.05) is 11.9 Å². The summed E-state index contributed by atoms with van der Waals surface area (Å²) in [5, 5.41) is 2.60. The van der Waals surface area contributed by atoms with E-state index in [9.17, 15) is 14.4 Å². The molecule has 1 atom stereocenters. The summed E-state index contributed by atoms with van der Waals surface area (Å²) in [4.78, 5) is 37.4. The number of alkyl halides is 2. The molecular formula is C26H39BrClNO4. The highest BCUT2D eigenvalue weighted by atomic mass is 79.9. The van der Waals surface area contributed by atoms with Crippen LogP contribution in [0.3, 0.4) is 0 Å². The number of halogens is 2. The Morgan fingerprint density at radius 2 is 1.48 bits per heavy atom. The maximum atomic E-state index is 12.6. The number of hydrogen-bond donors (Lipinski definition) is 1. The molecule has 5 nitrogen and oxygen atoms in total. The third-order valence-corrected chi connectivity index (χ3v) is 6.40. The van der Waals surface area contributed by atoms with Crippen LogP contribution in [0.25, 0.3) is 0 Å². The predicted octanol–water partition coefficient (Wildman–Crippen LogP) is 7.65. The molecule has 0 fully saturated rings. The Balaban J connectivity index is 2.41. The maximum Gasteiger partial charge on any atom is 0.338 e. The van der Waals surface area contributed by atoms with Gasteiger partial charge in [0.15, 0.2) is 5.78 Å². The topological polar surface area (TPSA) is 72.5 Å². The van der Waals surface area contributed by atoms with Crippen LogP contribution in [0.15, 0.2) is 24.3 Å². The Kier molecular flexibility index (Phi) is 13.3. The second-order valence-electron chi connectivity index (χ2n) is 9.51. The molecule has 0 saturated carbocycles. The fraction of sp³-hybridized carbons (Fsp3) is 0.654. The summed E-state index contributed by atoms with van der Waals surface area (Å²) in [6.07, 6.45) is 12.2. The Morgan fingerprint density at radius 3 is 2.03 bits per heavy atom. The summed E-state index contributed by atoms with van der Waals surface area (Å²) in [7, 11) is 0. The van der Waals surface area contributed by atoms with Crippen LogP contribution < -0.4 is 5.32 Å². The zero-order chi connectivity index (χ0) is 24.9. The molecule has 1 aromatic rings. The number of ether oxygens (including phenoxy) is 1. The molecule has 0 saturated heterocycles. The van der Waals surface area contributed by atoms with Gasteiger partial charge in [-0.15, -0.1) is 0 Å². The van der Waals surface area contributed by atoms with Gasteiger partial charge in [0.25, 0.3) is 5.91 Å². The van der Waals surface area contributed by atoms with Crippen LogP contribution in [0.1, 0.15) is 102 Å². The maximum absolute atomic E-state index is 12.6. The number of carbonyl (C=O) groups is 3. The molecule has 33 heavy (non-hydrogen) atoms. The van der Waals surface area contributed by atoms with Crippen LogP contribution in [-0.2, 0) is 14.3 Å². The van der Waals surface area contributed by atoms with Crippen molar-refractivity contribution in [3.8, 4) is 0 Å². The zero-order valence-electron chi connectivity index (χ0n) is 20.5. The lowest BCUT2D eigenvalue weighted by Crippen LogP contribution is -2.45. The lowest BCUT2D eigenvalue weighted by atomic mass is 9.88. The number of carbonyl (C=O) groups excluding carboxylic acids is 3. The van der Waals surface area contributed by atoms with E-state index < -0.39 is 26.9 Å². The van der Waals surface area contributed by atoms with Crippen LogP contribution in [0.5, 0.6) is 0 Å². The lowest BCUT2D eigenvalue weighted by Gasteiger charge is -2.26. The van der Waals surface area contributed by atoms with Gasteiger partial charge in [0.05, 0.1) is 12.2 Å². The Labute approximate surface area is 212 Å². The van der Waals surface area contributed by atoms with Crippen molar-refractivity contribution in [3.63, 3.8) is 0 Å². The second-order valence-corrected chi connectivity index (χ2v) is 11.7. The summed E-state index contributed by atoms with van der Waals surface area (Å²) in [6.45, 7) is 7.66. The molecule has 0 aliphatic rings. The van der Waals surface area contributed by atoms with Gasteiger partial charge in [-0.25, -0.2) is 4.79 Å². The van der Waals surface area contributed by atoms with Gasteiger partial charge >= 0.3 is 5.97 Å². The first-order chi connectivity index (χ1) is 15.5. The molecule has 0 radical (unpaired) electrons. The van der Waals surface area contributed by atoms with Crippen molar-refractivity contribution in [2.24, 2.45) is 5.41 Å². The molecule has 0 heterocycles. The number of esters is 1. The van der Waals surface area contributed by atoms with Crippen molar-refractivity contribution >= 4 is 50.9 Å². The minimum atomic E-state index is -1.89. The van der Waals surface area contributed by atoms with E-state index in [0.29, 0.717) is 17.9 Å². The highest BCUT2D eigenvalue weighted by molar-refractivity contribution is 9.11. The van der Waals surface area contributed by atoms with Gasteiger partial charge in [-0.1, -0.05) is 103 Å². The first kappa shape index (κ1) is 29.6. The quantitative estimate of drug-likeness (QED) is 0.106. The van der Waals surface area contributed by atoms with Gasteiger partial charge in [-0.05, 0) is 40.5 Å². The Morgan fingerprint density at radius 1 is 0.939 bits per heavy atom. The third-order valence-electron chi connectivity index (χ3n) is 5.34. The van der Waals surface area contributed by atoms with E-state index in [1.165, 1.54) is 51.0 Å². The van der Waals surface area contributed by atoms with Crippen molar-refractivity contribution in [3.05, 3.63) is 29.8 Å². The lowest BCUT2D eigenvalue weighted by molar-refractivity contribution is -0.131. The van der Waals surface area contributed by atoms with Gasteiger partial charge in [-0.3, -0.25) is 9.59 Å². The average Bonchev–Trinajstić information content (AvgIpc) is 2.76. The first-order valence-electron chi connectivity index (χ1n) is 12.0. The van der Waals surface area contributed by atoms with Crippen LogP contribution in [0, 0.1) is 5.41 Å². The number of unbranched alkanes of at least 4 members (excludes halogenated alkanes) is 9. The highest BCUT2D eigenvalue weighted by Crippen LogP contribution is 2.34. The summed E-state index contributed by atoms with van der Waals surface area (Å²) < 4.78 is 3.48. The van der Waals surface area contributed by atoms with Crippen LogP contribution in [-0.4, -0.2) is 28.1 Å². The van der Waals surface area contributed by atoms with Crippen molar-refractivity contribution in [1.29, 1.82) is 0 Å². The molecule has 1 aromatic carbocycles. The first-order valence-corrected chi connectivity index (χ1v) is 13.2. The number of Topliss-reactive ketones (excluding diaryl/α,β-unsaturated/α-hetero) is 1. The average molecular weight is 545 g/mol. The number of rotatable bonds is 15. The zero-order valence-corrected chi connectivity index (χ0v) is 22.8. The fourth-order valence-corrected chi connectivity index (χ4v) is 4.37. The molecule has 1 amide bonds. The largest absolute Gasteiger partial charge is 0.462 e. The molecule has 0 aliphatic heterocycles. The third kappa shape index (κ3) is 11.0. The standard InChI is InChI=1S/C26H39BrClNO4/c1-5-6-7-8-9-10-11-12-13-14-18-33-22(30)20-16-15-17-21(19-20)29-24(32)26(27,28)23(31)25(2,3)4/h15-17,19H,5-14,18H2,1-4H3,(H,29,32). The molecule has 0 aromatic heterocycles. The SMILES string of the molecule is CCCCCCCCCCCCOC(=O)c1cccc(NC(=O)C(Cl)(Br)C(=O)C(C)(C)C)c1. The van der Waals surface area contributed by atoms with E-state index in [-0.39, 0.29) is 0 Å². The van der Waals surface area contributed by atoms with Crippen molar-refractivity contribution in [2.45, 2.75) is 95.7 Å². The van der Waals surface area contributed by atoms with Gasteiger partial charge in [0.1, 0.15) is 0 Å². The summed E-state index contributed by atoms with van der Waals surface area (Å²) in [5.74, 6) is -1.61. The monoisotopic (exact) mass is 543 g/mol. The van der Waals surface area contributed by atoms with E-state index >= 15 is 0 Å². The summed E-state index contributed by atoms with van der Waals surface area (Å²) >= 11 is 9.24. The molecule has 1 unspecified atom stereocenters. The predicted molar refractivity (Wildman–Crippen MR) is 139 cm³/mol. The Hall–Kier alpha value is -1.40. The van der Waals surface area contributed by atoms with Crippen molar-refractivity contribution in [1.82, 2.24) is 0 Å². The second kappa shape index (κ2) is 14.8.